The third-order valence-electron chi connectivity index (χ3n) is 4.67. The zero-order valence-corrected chi connectivity index (χ0v) is 14.5. The number of phenolic OH excluding ortho intramolecular Hbond substituents is 1. The third-order valence-corrected chi connectivity index (χ3v) is 4.67. The molecular weight excluding hydrogens is 316 g/mol. The molecule has 2 aromatic carbocycles. The van der Waals surface area contributed by atoms with Gasteiger partial charge in [0, 0.05) is 38.3 Å². The molecular formula is C20H24N2O3. The number of para-hydroxylation sites is 1. The molecule has 2 aromatic rings. The van der Waals surface area contributed by atoms with Crippen LogP contribution in [0.1, 0.15) is 12.0 Å². The Labute approximate surface area is 148 Å². The van der Waals surface area contributed by atoms with Crippen LogP contribution in [-0.2, 0) is 11.2 Å². The predicted molar refractivity (Wildman–Crippen MR) is 98.2 cm³/mol. The van der Waals surface area contributed by atoms with Crippen molar-refractivity contribution in [1.82, 2.24) is 4.90 Å². The molecule has 1 saturated heterocycles. The lowest BCUT2D eigenvalue weighted by atomic mass is 10.1. The second kappa shape index (κ2) is 7.92. The first-order valence-electron chi connectivity index (χ1n) is 8.61. The largest absolute Gasteiger partial charge is 0.508 e. The summed E-state index contributed by atoms with van der Waals surface area (Å²) < 4.78 is 5.19. The molecule has 25 heavy (non-hydrogen) atoms. The molecule has 0 radical (unpaired) electrons. The molecule has 0 saturated carbocycles. The Kier molecular flexibility index (Phi) is 5.43. The molecule has 0 unspecified atom stereocenters. The van der Waals surface area contributed by atoms with Gasteiger partial charge in [-0.05, 0) is 42.3 Å². The molecule has 0 spiro atoms. The number of ether oxygens (including phenoxy) is 1. The number of phenols is 1. The van der Waals surface area contributed by atoms with Crippen LogP contribution in [0.3, 0.4) is 0 Å². The van der Waals surface area contributed by atoms with Crippen molar-refractivity contribution in [3.05, 3.63) is 54.1 Å². The minimum atomic E-state index is 0.151. The lowest BCUT2D eigenvalue weighted by molar-refractivity contribution is -0.131. The average Bonchev–Trinajstić information content (AvgIpc) is 2.67. The molecule has 3 rings (SSSR count). The Morgan fingerprint density at radius 2 is 1.72 bits per heavy atom. The summed E-state index contributed by atoms with van der Waals surface area (Å²) in [5, 5.41) is 9.79. The maximum atomic E-state index is 12.4. The summed E-state index contributed by atoms with van der Waals surface area (Å²) in [6.45, 7) is 3.11. The van der Waals surface area contributed by atoms with Crippen molar-refractivity contribution in [1.29, 1.82) is 0 Å². The highest BCUT2D eigenvalue weighted by Gasteiger charge is 2.21. The van der Waals surface area contributed by atoms with E-state index in [1.165, 1.54) is 0 Å². The fourth-order valence-electron chi connectivity index (χ4n) is 3.13. The van der Waals surface area contributed by atoms with Crippen molar-refractivity contribution in [3.8, 4) is 11.5 Å². The van der Waals surface area contributed by atoms with Crippen LogP contribution in [0.4, 0.5) is 5.69 Å². The first kappa shape index (κ1) is 17.1. The molecule has 132 valence electrons. The molecule has 0 aliphatic carbocycles. The molecule has 0 bridgehead atoms. The highest BCUT2D eigenvalue weighted by atomic mass is 16.5. The molecule has 1 amide bonds. The van der Waals surface area contributed by atoms with Crippen molar-refractivity contribution in [2.45, 2.75) is 12.8 Å². The molecule has 1 aliphatic heterocycles. The Balaban J connectivity index is 1.49. The van der Waals surface area contributed by atoms with Crippen molar-refractivity contribution in [2.24, 2.45) is 0 Å². The number of aryl methyl sites for hydroxylation is 1. The van der Waals surface area contributed by atoms with Gasteiger partial charge in [-0.1, -0.05) is 18.2 Å². The zero-order chi connectivity index (χ0) is 17.6. The van der Waals surface area contributed by atoms with E-state index in [1.807, 2.05) is 29.2 Å². The monoisotopic (exact) mass is 340 g/mol. The van der Waals surface area contributed by atoms with Crippen LogP contribution in [0.15, 0.2) is 48.5 Å². The molecule has 1 heterocycles. The fourth-order valence-corrected chi connectivity index (χ4v) is 3.13. The highest BCUT2D eigenvalue weighted by Crippen LogP contribution is 2.21. The van der Waals surface area contributed by atoms with E-state index >= 15 is 0 Å². The molecule has 1 N–H and O–H groups in total. The number of piperazine rings is 1. The van der Waals surface area contributed by atoms with E-state index in [1.54, 1.807) is 19.2 Å². The van der Waals surface area contributed by atoms with Gasteiger partial charge in [0.15, 0.2) is 0 Å². The number of benzene rings is 2. The maximum Gasteiger partial charge on any atom is 0.223 e. The van der Waals surface area contributed by atoms with Gasteiger partial charge in [0.2, 0.25) is 5.91 Å². The van der Waals surface area contributed by atoms with Crippen molar-refractivity contribution >= 4 is 11.6 Å². The van der Waals surface area contributed by atoms with Gasteiger partial charge in [0.1, 0.15) is 11.5 Å². The molecule has 1 aliphatic rings. The number of hydrogen-bond donors (Lipinski definition) is 1. The van der Waals surface area contributed by atoms with Gasteiger partial charge in [0.25, 0.3) is 0 Å². The number of amides is 1. The summed E-state index contributed by atoms with van der Waals surface area (Å²) in [4.78, 5) is 16.6. The smallest absolute Gasteiger partial charge is 0.223 e. The lowest BCUT2D eigenvalue weighted by Gasteiger charge is -2.36. The second-order valence-corrected chi connectivity index (χ2v) is 6.19. The van der Waals surface area contributed by atoms with Crippen LogP contribution in [0.5, 0.6) is 11.5 Å². The van der Waals surface area contributed by atoms with Gasteiger partial charge in [0.05, 0.1) is 7.11 Å². The number of carbonyl (C=O) groups is 1. The number of nitrogens with zero attached hydrogens (tertiary/aromatic N) is 2. The number of carbonyl (C=O) groups excluding carboxylic acids is 1. The first-order chi connectivity index (χ1) is 12.2. The summed E-state index contributed by atoms with van der Waals surface area (Å²) >= 11 is 0. The van der Waals surface area contributed by atoms with Crippen LogP contribution in [0.25, 0.3) is 0 Å². The van der Waals surface area contributed by atoms with Gasteiger partial charge in [-0.15, -0.1) is 0 Å². The standard InChI is InChI=1S/C20H24N2O3/c1-25-18-9-7-17(8-10-18)21-12-14-22(15-13-21)20(24)11-6-16-4-2-3-5-19(16)23/h2-5,7-10,23H,6,11-15H2,1H3. The zero-order valence-electron chi connectivity index (χ0n) is 14.5. The van der Waals surface area contributed by atoms with Crippen molar-refractivity contribution in [2.75, 3.05) is 38.2 Å². The molecule has 5 nitrogen and oxygen atoms in total. The van der Waals surface area contributed by atoms with Gasteiger partial charge >= 0.3 is 0 Å². The van der Waals surface area contributed by atoms with Crippen LogP contribution in [0, 0.1) is 0 Å². The van der Waals surface area contributed by atoms with Crippen LogP contribution in [0.2, 0.25) is 0 Å². The summed E-state index contributed by atoms with van der Waals surface area (Å²) in [6, 6.07) is 15.2. The first-order valence-corrected chi connectivity index (χ1v) is 8.61. The summed E-state index contributed by atoms with van der Waals surface area (Å²) in [7, 11) is 1.66. The second-order valence-electron chi connectivity index (χ2n) is 6.19. The summed E-state index contributed by atoms with van der Waals surface area (Å²) in [5.41, 5.74) is 1.98. The van der Waals surface area contributed by atoms with E-state index in [2.05, 4.69) is 17.0 Å². The van der Waals surface area contributed by atoms with Gasteiger partial charge in [-0.2, -0.15) is 0 Å². The van der Waals surface area contributed by atoms with E-state index < -0.39 is 0 Å². The van der Waals surface area contributed by atoms with Gasteiger partial charge in [-0.25, -0.2) is 0 Å². The van der Waals surface area contributed by atoms with Gasteiger partial charge in [-0.3, -0.25) is 4.79 Å². The van der Waals surface area contributed by atoms with Crippen molar-refractivity contribution < 1.29 is 14.6 Å². The maximum absolute atomic E-state index is 12.4. The fraction of sp³-hybridized carbons (Fsp3) is 0.350. The topological polar surface area (TPSA) is 53.0 Å². The predicted octanol–water partition coefficient (Wildman–Crippen LogP) is 2.68. The quantitative estimate of drug-likeness (QED) is 0.909. The molecule has 1 fully saturated rings. The molecule has 0 atom stereocenters. The third kappa shape index (κ3) is 4.24. The minimum absolute atomic E-state index is 0.151. The van der Waals surface area contributed by atoms with Crippen molar-refractivity contribution in [3.63, 3.8) is 0 Å². The number of anilines is 1. The minimum Gasteiger partial charge on any atom is -0.508 e. The van der Waals surface area contributed by atoms with Crippen LogP contribution < -0.4 is 9.64 Å². The Hall–Kier alpha value is -2.69. The van der Waals surface area contributed by atoms with E-state index in [9.17, 15) is 9.90 Å². The Bertz CT molecular complexity index is 707. The number of methoxy groups -OCH3 is 1. The van der Waals surface area contributed by atoms with Crippen LogP contribution >= 0.6 is 0 Å². The van der Waals surface area contributed by atoms with E-state index in [0.29, 0.717) is 12.8 Å². The molecule has 5 heteroatoms. The summed E-state index contributed by atoms with van der Waals surface area (Å²) in [6.07, 6.45) is 1.00. The SMILES string of the molecule is COc1ccc(N2CCN(C(=O)CCc3ccccc3O)CC2)cc1. The number of rotatable bonds is 5. The summed E-state index contributed by atoms with van der Waals surface area (Å²) in [5.74, 6) is 1.26. The molecule has 0 aromatic heterocycles. The van der Waals surface area contributed by atoms with E-state index in [-0.39, 0.29) is 11.7 Å². The number of hydrogen-bond acceptors (Lipinski definition) is 4. The Morgan fingerprint density at radius 3 is 2.36 bits per heavy atom. The normalized spacial score (nSPS) is 14.4. The highest BCUT2D eigenvalue weighted by molar-refractivity contribution is 5.77. The van der Waals surface area contributed by atoms with Gasteiger partial charge < -0.3 is 19.6 Å². The van der Waals surface area contributed by atoms with E-state index in [4.69, 9.17) is 4.74 Å². The van der Waals surface area contributed by atoms with E-state index in [0.717, 1.165) is 43.2 Å². The number of aromatic hydroxyl groups is 1. The Morgan fingerprint density at radius 1 is 1.04 bits per heavy atom. The average molecular weight is 340 g/mol. The lowest BCUT2D eigenvalue weighted by Crippen LogP contribution is -2.48. The van der Waals surface area contributed by atoms with Crippen LogP contribution in [-0.4, -0.2) is 49.2 Å².